The molecular formula is C20H18N4O3S. The van der Waals surface area contributed by atoms with Crippen molar-refractivity contribution in [3.8, 4) is 0 Å². The summed E-state index contributed by atoms with van der Waals surface area (Å²) in [7, 11) is 0. The first-order chi connectivity index (χ1) is 13.6. The fraction of sp³-hybridized carbons (Fsp3) is 0.200. The van der Waals surface area contributed by atoms with Gasteiger partial charge in [0.25, 0.3) is 0 Å². The lowest BCUT2D eigenvalue weighted by atomic mass is 10.1. The van der Waals surface area contributed by atoms with E-state index in [0.717, 1.165) is 29.3 Å². The molecule has 1 aromatic heterocycles. The van der Waals surface area contributed by atoms with Crippen LogP contribution in [0.2, 0.25) is 0 Å². The summed E-state index contributed by atoms with van der Waals surface area (Å²) in [6.45, 7) is 3.02. The molecule has 1 amide bonds. The highest BCUT2D eigenvalue weighted by Gasteiger charge is 2.32. The number of benzene rings is 2. The number of hydrogen-bond acceptors (Lipinski definition) is 5. The molecule has 142 valence electrons. The minimum Gasteiger partial charge on any atom is -0.481 e. The third kappa shape index (κ3) is 3.38. The molecular weight excluding hydrogens is 376 g/mol. The van der Waals surface area contributed by atoms with Gasteiger partial charge in [0.05, 0.1) is 12.6 Å². The number of rotatable bonds is 5. The maximum atomic E-state index is 11.7. The summed E-state index contributed by atoms with van der Waals surface area (Å²) in [6.07, 6.45) is 1.39. The Bertz CT molecular complexity index is 1150. The first kappa shape index (κ1) is 18.2. The van der Waals surface area contributed by atoms with Gasteiger partial charge in [-0.1, -0.05) is 36.0 Å². The van der Waals surface area contributed by atoms with Crippen molar-refractivity contribution >= 4 is 56.8 Å². The summed E-state index contributed by atoms with van der Waals surface area (Å²) >= 11 is 1.08. The fourth-order valence-corrected chi connectivity index (χ4v) is 4.30. The van der Waals surface area contributed by atoms with E-state index in [4.69, 9.17) is 5.11 Å². The van der Waals surface area contributed by atoms with Crippen LogP contribution in [0.5, 0.6) is 0 Å². The Labute approximate surface area is 165 Å². The standard InChI is InChI=1S/C20H18N4O3S/c1-2-24-15-6-4-3-5-13(15)14-9-12(7-8-16(14)24)11-21-23-20-22-19(27)17(28-20)10-18(25)26/h3-9,11,17H,2,10H2,1H3,(H,25,26)(H,22,23,27). The molecule has 0 spiro atoms. The number of amides is 1. The molecule has 4 rings (SSSR count). The maximum absolute atomic E-state index is 11.7. The molecule has 1 aliphatic rings. The van der Waals surface area contributed by atoms with E-state index in [9.17, 15) is 9.59 Å². The van der Waals surface area contributed by atoms with Gasteiger partial charge in [0.15, 0.2) is 5.17 Å². The maximum Gasteiger partial charge on any atom is 0.305 e. The Kier molecular flexibility index (Phi) is 4.87. The summed E-state index contributed by atoms with van der Waals surface area (Å²) in [4.78, 5) is 22.5. The summed E-state index contributed by atoms with van der Waals surface area (Å²) in [5, 5.41) is 21.4. The quantitative estimate of drug-likeness (QED) is 0.513. The van der Waals surface area contributed by atoms with Crippen LogP contribution in [-0.4, -0.2) is 38.2 Å². The van der Waals surface area contributed by atoms with Crippen LogP contribution in [0.4, 0.5) is 0 Å². The lowest BCUT2D eigenvalue weighted by Crippen LogP contribution is -2.26. The number of carbonyl (C=O) groups excluding carboxylic acids is 1. The van der Waals surface area contributed by atoms with E-state index in [-0.39, 0.29) is 12.3 Å². The molecule has 1 atom stereocenters. The Hall–Kier alpha value is -3.13. The van der Waals surface area contributed by atoms with Crippen molar-refractivity contribution in [3.63, 3.8) is 0 Å². The predicted octanol–water partition coefficient (Wildman–Crippen LogP) is 3.21. The number of hydrogen-bond donors (Lipinski definition) is 2. The van der Waals surface area contributed by atoms with Crippen molar-refractivity contribution in [2.24, 2.45) is 10.2 Å². The summed E-state index contributed by atoms with van der Waals surface area (Å²) < 4.78 is 2.28. The first-order valence-electron chi connectivity index (χ1n) is 8.88. The van der Waals surface area contributed by atoms with Gasteiger partial charge < -0.3 is 15.0 Å². The van der Waals surface area contributed by atoms with Crippen LogP contribution >= 0.6 is 11.8 Å². The van der Waals surface area contributed by atoms with Gasteiger partial charge in [-0.05, 0) is 30.7 Å². The first-order valence-corrected chi connectivity index (χ1v) is 9.76. The fourth-order valence-electron chi connectivity index (χ4n) is 3.39. The smallest absolute Gasteiger partial charge is 0.305 e. The number of aliphatic carboxylic acids is 1. The largest absolute Gasteiger partial charge is 0.481 e. The average molecular weight is 394 g/mol. The number of para-hydroxylation sites is 1. The summed E-state index contributed by atoms with van der Waals surface area (Å²) in [5.74, 6) is -1.37. The van der Waals surface area contributed by atoms with Crippen molar-refractivity contribution in [1.29, 1.82) is 0 Å². The Morgan fingerprint density at radius 3 is 2.82 bits per heavy atom. The van der Waals surface area contributed by atoms with Gasteiger partial charge >= 0.3 is 5.97 Å². The number of carbonyl (C=O) groups is 2. The number of amidine groups is 1. The Morgan fingerprint density at radius 1 is 1.25 bits per heavy atom. The van der Waals surface area contributed by atoms with E-state index in [1.807, 2.05) is 18.2 Å². The van der Waals surface area contributed by atoms with E-state index < -0.39 is 11.2 Å². The van der Waals surface area contributed by atoms with E-state index in [1.54, 1.807) is 6.21 Å². The molecule has 1 fully saturated rings. The molecule has 7 nitrogen and oxygen atoms in total. The highest BCUT2D eigenvalue weighted by molar-refractivity contribution is 8.15. The van der Waals surface area contributed by atoms with Crippen molar-refractivity contribution < 1.29 is 14.7 Å². The average Bonchev–Trinajstić information content (AvgIpc) is 3.18. The number of carboxylic acid groups (broad SMARTS) is 1. The van der Waals surface area contributed by atoms with Crippen molar-refractivity contribution in [3.05, 3.63) is 48.0 Å². The molecule has 0 bridgehead atoms. The van der Waals surface area contributed by atoms with Crippen LogP contribution in [0, 0.1) is 0 Å². The molecule has 1 aliphatic heterocycles. The highest BCUT2D eigenvalue weighted by Crippen LogP contribution is 2.29. The second-order valence-electron chi connectivity index (χ2n) is 6.38. The van der Waals surface area contributed by atoms with E-state index in [0.29, 0.717) is 5.17 Å². The molecule has 28 heavy (non-hydrogen) atoms. The van der Waals surface area contributed by atoms with Crippen LogP contribution in [-0.2, 0) is 16.1 Å². The summed E-state index contributed by atoms with van der Waals surface area (Å²) in [6, 6.07) is 14.4. The molecule has 0 radical (unpaired) electrons. The molecule has 8 heteroatoms. The van der Waals surface area contributed by atoms with E-state index in [1.165, 1.54) is 16.4 Å². The van der Waals surface area contributed by atoms with Crippen LogP contribution < -0.4 is 5.32 Å². The number of aryl methyl sites for hydroxylation is 1. The van der Waals surface area contributed by atoms with E-state index in [2.05, 4.69) is 51.3 Å². The molecule has 1 unspecified atom stereocenters. The van der Waals surface area contributed by atoms with Crippen LogP contribution in [0.15, 0.2) is 52.7 Å². The molecule has 3 aromatic rings. The third-order valence-electron chi connectivity index (χ3n) is 4.60. The van der Waals surface area contributed by atoms with E-state index >= 15 is 0 Å². The highest BCUT2D eigenvalue weighted by atomic mass is 32.2. The van der Waals surface area contributed by atoms with Gasteiger partial charge in [0.1, 0.15) is 5.25 Å². The van der Waals surface area contributed by atoms with Gasteiger partial charge in [-0.3, -0.25) is 9.59 Å². The Balaban J connectivity index is 1.60. The zero-order valence-corrected chi connectivity index (χ0v) is 15.9. The van der Waals surface area contributed by atoms with Gasteiger partial charge in [-0.2, -0.15) is 5.10 Å². The zero-order valence-electron chi connectivity index (χ0n) is 15.1. The predicted molar refractivity (Wildman–Crippen MR) is 112 cm³/mol. The number of thioether (sulfide) groups is 1. The molecule has 2 aromatic carbocycles. The lowest BCUT2D eigenvalue weighted by Gasteiger charge is -2.02. The topological polar surface area (TPSA) is 96.0 Å². The number of aromatic nitrogens is 1. The van der Waals surface area contributed by atoms with Gasteiger partial charge in [-0.25, -0.2) is 0 Å². The molecule has 1 saturated heterocycles. The molecule has 2 N–H and O–H groups in total. The van der Waals surface area contributed by atoms with Crippen LogP contribution in [0.1, 0.15) is 18.9 Å². The Morgan fingerprint density at radius 2 is 2.04 bits per heavy atom. The van der Waals surface area contributed by atoms with Crippen molar-refractivity contribution in [1.82, 2.24) is 9.88 Å². The second kappa shape index (κ2) is 7.47. The zero-order chi connectivity index (χ0) is 19.7. The lowest BCUT2D eigenvalue weighted by molar-refractivity contribution is -0.138. The van der Waals surface area contributed by atoms with Gasteiger partial charge in [-0.15, -0.1) is 5.10 Å². The van der Waals surface area contributed by atoms with Gasteiger partial charge in [0, 0.05) is 28.4 Å². The normalized spacial score (nSPS) is 18.5. The van der Waals surface area contributed by atoms with Gasteiger partial charge in [0.2, 0.25) is 5.91 Å². The third-order valence-corrected chi connectivity index (χ3v) is 5.68. The number of nitrogens with zero attached hydrogens (tertiary/aromatic N) is 3. The van der Waals surface area contributed by atoms with Crippen molar-refractivity contribution in [2.45, 2.75) is 25.1 Å². The SMILES string of the molecule is CCn1c2ccccc2c2cc(C=NN=C3NC(=O)C(CC(=O)O)S3)ccc21. The molecule has 0 aliphatic carbocycles. The second-order valence-corrected chi connectivity index (χ2v) is 7.57. The summed E-state index contributed by atoms with van der Waals surface area (Å²) in [5.41, 5.74) is 3.26. The molecule has 0 saturated carbocycles. The minimum atomic E-state index is -1.02. The van der Waals surface area contributed by atoms with Crippen LogP contribution in [0.3, 0.4) is 0 Å². The minimum absolute atomic E-state index is 0.239. The number of carboxylic acids is 1. The number of fused-ring (bicyclic) bond motifs is 3. The van der Waals surface area contributed by atoms with Crippen molar-refractivity contribution in [2.75, 3.05) is 0 Å². The van der Waals surface area contributed by atoms with Crippen LogP contribution in [0.25, 0.3) is 21.8 Å². The number of nitrogens with one attached hydrogen (secondary N) is 1. The monoisotopic (exact) mass is 394 g/mol. The molecule has 2 heterocycles.